The first kappa shape index (κ1) is 14.0. The monoisotopic (exact) mass is 295 g/mol. The van der Waals surface area contributed by atoms with E-state index in [9.17, 15) is 0 Å². The zero-order valence-corrected chi connectivity index (χ0v) is 12.3. The van der Waals surface area contributed by atoms with Gasteiger partial charge in [-0.1, -0.05) is 29.3 Å². The first-order valence-electron chi connectivity index (χ1n) is 5.88. The lowest BCUT2D eigenvalue weighted by Gasteiger charge is -2.13. The lowest BCUT2D eigenvalue weighted by Crippen LogP contribution is -2.10. The average Bonchev–Trinajstić information content (AvgIpc) is 2.38. The third-order valence-corrected chi connectivity index (χ3v) is 3.45. The molecule has 1 N–H and O–H groups in total. The average molecular weight is 296 g/mol. The smallest absolute Gasteiger partial charge is 0.128 e. The summed E-state index contributed by atoms with van der Waals surface area (Å²) in [5, 5.41) is 4.59. The van der Waals surface area contributed by atoms with Gasteiger partial charge in [0.15, 0.2) is 0 Å². The van der Waals surface area contributed by atoms with Gasteiger partial charge in [0.2, 0.25) is 0 Å². The molecule has 0 saturated carbocycles. The molecule has 1 heterocycles. The Balaban J connectivity index is 2.06. The van der Waals surface area contributed by atoms with Crippen molar-refractivity contribution in [3.63, 3.8) is 0 Å². The fourth-order valence-corrected chi connectivity index (χ4v) is 2.18. The molecular weight excluding hydrogens is 281 g/mol. The van der Waals surface area contributed by atoms with Gasteiger partial charge in [0, 0.05) is 36.2 Å². The zero-order valence-electron chi connectivity index (χ0n) is 10.8. The molecule has 5 heteroatoms. The van der Waals surface area contributed by atoms with E-state index in [0.29, 0.717) is 16.6 Å². The molecule has 2 rings (SSSR count). The summed E-state index contributed by atoms with van der Waals surface area (Å²) in [6, 6.07) is 9.43. The van der Waals surface area contributed by atoms with Gasteiger partial charge in [0.05, 0.1) is 11.9 Å². The van der Waals surface area contributed by atoms with Crippen molar-refractivity contribution < 1.29 is 0 Å². The van der Waals surface area contributed by atoms with Gasteiger partial charge in [-0.3, -0.25) is 0 Å². The van der Waals surface area contributed by atoms with Crippen molar-refractivity contribution in [2.24, 2.45) is 0 Å². The van der Waals surface area contributed by atoms with Crippen LogP contribution in [0.2, 0.25) is 10.0 Å². The lowest BCUT2D eigenvalue weighted by molar-refractivity contribution is 1.06. The van der Waals surface area contributed by atoms with Gasteiger partial charge < -0.3 is 10.2 Å². The minimum absolute atomic E-state index is 0.571. The van der Waals surface area contributed by atoms with Crippen LogP contribution in [0.5, 0.6) is 0 Å². The Kier molecular flexibility index (Phi) is 4.51. The fourth-order valence-electron chi connectivity index (χ4n) is 1.65. The molecule has 0 radical (unpaired) electrons. The highest BCUT2D eigenvalue weighted by Gasteiger charge is 2.05. The van der Waals surface area contributed by atoms with E-state index in [0.717, 1.165) is 17.1 Å². The summed E-state index contributed by atoms with van der Waals surface area (Å²) in [7, 11) is 3.91. The molecule has 0 saturated heterocycles. The number of rotatable bonds is 4. The number of hydrogen-bond acceptors (Lipinski definition) is 3. The Labute approximate surface area is 123 Å². The summed E-state index contributed by atoms with van der Waals surface area (Å²) in [4.78, 5) is 6.29. The van der Waals surface area contributed by atoms with E-state index < -0.39 is 0 Å². The molecule has 2 aromatic rings. The number of pyridine rings is 1. The topological polar surface area (TPSA) is 28.2 Å². The maximum atomic E-state index is 6.12. The number of hydrogen-bond donors (Lipinski definition) is 1. The van der Waals surface area contributed by atoms with Gasteiger partial charge in [0.25, 0.3) is 0 Å². The Hall–Kier alpha value is -1.45. The molecule has 19 heavy (non-hydrogen) atoms. The van der Waals surface area contributed by atoms with Gasteiger partial charge in [-0.05, 0) is 24.3 Å². The second kappa shape index (κ2) is 6.13. The second-order valence-electron chi connectivity index (χ2n) is 4.35. The van der Waals surface area contributed by atoms with Gasteiger partial charge >= 0.3 is 0 Å². The molecule has 0 spiro atoms. The standard InChI is InChI=1S/C14H15Cl2N3/c1-19(2)14-7-6-10(8-18-14)17-9-11-12(15)4-3-5-13(11)16/h3-8,17H,9H2,1-2H3. The molecule has 0 aliphatic carbocycles. The molecule has 0 aliphatic heterocycles. The van der Waals surface area contributed by atoms with E-state index in [1.807, 2.05) is 49.3 Å². The molecule has 0 amide bonds. The molecular formula is C14H15Cl2N3. The molecule has 3 nitrogen and oxygen atoms in total. The van der Waals surface area contributed by atoms with Crippen LogP contribution in [0.3, 0.4) is 0 Å². The highest BCUT2D eigenvalue weighted by Crippen LogP contribution is 2.25. The quantitative estimate of drug-likeness (QED) is 0.922. The summed E-state index contributed by atoms with van der Waals surface area (Å²) in [5.41, 5.74) is 1.82. The van der Waals surface area contributed by atoms with E-state index in [1.54, 1.807) is 6.20 Å². The highest BCUT2D eigenvalue weighted by atomic mass is 35.5. The molecule has 1 aromatic heterocycles. The van der Waals surface area contributed by atoms with Crippen LogP contribution in [0.1, 0.15) is 5.56 Å². The lowest BCUT2D eigenvalue weighted by atomic mass is 10.2. The molecule has 0 aliphatic rings. The number of nitrogens with zero attached hydrogens (tertiary/aromatic N) is 2. The van der Waals surface area contributed by atoms with Crippen LogP contribution in [-0.4, -0.2) is 19.1 Å². The summed E-state index contributed by atoms with van der Waals surface area (Å²) in [6.07, 6.45) is 1.79. The van der Waals surface area contributed by atoms with Crippen LogP contribution >= 0.6 is 23.2 Å². The van der Waals surface area contributed by atoms with E-state index in [4.69, 9.17) is 23.2 Å². The molecule has 0 bridgehead atoms. The second-order valence-corrected chi connectivity index (χ2v) is 5.17. The Morgan fingerprint density at radius 2 is 1.79 bits per heavy atom. The minimum atomic E-state index is 0.571. The summed E-state index contributed by atoms with van der Waals surface area (Å²) < 4.78 is 0. The van der Waals surface area contributed by atoms with E-state index in [-0.39, 0.29) is 0 Å². The minimum Gasteiger partial charge on any atom is -0.380 e. The van der Waals surface area contributed by atoms with Crippen molar-refractivity contribution in [2.75, 3.05) is 24.3 Å². The van der Waals surface area contributed by atoms with Crippen molar-refractivity contribution in [3.05, 3.63) is 52.1 Å². The SMILES string of the molecule is CN(C)c1ccc(NCc2c(Cl)cccc2Cl)cn1. The Morgan fingerprint density at radius 1 is 1.11 bits per heavy atom. The van der Waals surface area contributed by atoms with Crippen molar-refractivity contribution in [2.45, 2.75) is 6.54 Å². The largest absolute Gasteiger partial charge is 0.380 e. The predicted octanol–water partition coefficient (Wildman–Crippen LogP) is 4.07. The molecule has 1 aromatic carbocycles. The number of halogens is 2. The molecule has 0 fully saturated rings. The maximum Gasteiger partial charge on any atom is 0.128 e. The van der Waals surface area contributed by atoms with Crippen LogP contribution in [0, 0.1) is 0 Å². The maximum absolute atomic E-state index is 6.12. The van der Waals surface area contributed by atoms with Crippen LogP contribution in [0.25, 0.3) is 0 Å². The fraction of sp³-hybridized carbons (Fsp3) is 0.214. The third kappa shape index (κ3) is 3.52. The van der Waals surface area contributed by atoms with Gasteiger partial charge in [0.1, 0.15) is 5.82 Å². The summed E-state index contributed by atoms with van der Waals surface area (Å²) in [5.74, 6) is 0.918. The third-order valence-electron chi connectivity index (χ3n) is 2.74. The van der Waals surface area contributed by atoms with Crippen LogP contribution in [0.4, 0.5) is 11.5 Å². The predicted molar refractivity (Wildman–Crippen MR) is 82.4 cm³/mol. The van der Waals surface area contributed by atoms with Crippen molar-refractivity contribution in [1.82, 2.24) is 4.98 Å². The molecule has 0 atom stereocenters. The number of aromatic nitrogens is 1. The first-order valence-corrected chi connectivity index (χ1v) is 6.63. The van der Waals surface area contributed by atoms with Crippen molar-refractivity contribution in [3.8, 4) is 0 Å². The zero-order chi connectivity index (χ0) is 13.8. The van der Waals surface area contributed by atoms with Crippen molar-refractivity contribution in [1.29, 1.82) is 0 Å². The molecule has 100 valence electrons. The number of nitrogens with one attached hydrogen (secondary N) is 1. The van der Waals surface area contributed by atoms with Gasteiger partial charge in [-0.15, -0.1) is 0 Å². The Bertz CT molecular complexity index is 533. The van der Waals surface area contributed by atoms with Gasteiger partial charge in [-0.25, -0.2) is 4.98 Å². The van der Waals surface area contributed by atoms with Crippen LogP contribution in [0.15, 0.2) is 36.5 Å². The van der Waals surface area contributed by atoms with Crippen LogP contribution < -0.4 is 10.2 Å². The normalized spacial score (nSPS) is 10.3. The van der Waals surface area contributed by atoms with E-state index >= 15 is 0 Å². The first-order chi connectivity index (χ1) is 9.08. The van der Waals surface area contributed by atoms with E-state index in [1.165, 1.54) is 0 Å². The van der Waals surface area contributed by atoms with Crippen molar-refractivity contribution >= 4 is 34.7 Å². The number of benzene rings is 1. The molecule has 0 unspecified atom stereocenters. The van der Waals surface area contributed by atoms with Gasteiger partial charge in [-0.2, -0.15) is 0 Å². The summed E-state index contributed by atoms with van der Waals surface area (Å²) in [6.45, 7) is 0.571. The summed E-state index contributed by atoms with van der Waals surface area (Å²) >= 11 is 12.2. The van der Waals surface area contributed by atoms with Crippen LogP contribution in [-0.2, 0) is 6.54 Å². The van der Waals surface area contributed by atoms with E-state index in [2.05, 4.69) is 10.3 Å². The number of anilines is 2. The Morgan fingerprint density at radius 3 is 2.32 bits per heavy atom. The highest BCUT2D eigenvalue weighted by molar-refractivity contribution is 6.36.